The maximum absolute atomic E-state index is 12.9. The van der Waals surface area contributed by atoms with Crippen LogP contribution in [-0.2, 0) is 4.79 Å². The summed E-state index contributed by atoms with van der Waals surface area (Å²) in [7, 11) is 0. The molecule has 1 fully saturated rings. The second kappa shape index (κ2) is 5.08. The SMILES string of the molecule is O=C(Nc1ccc2oc(=O)[nH]c2c1)C1CC1c1ccc(F)cc1. The average Bonchev–Trinajstić information content (AvgIpc) is 3.23. The van der Waals surface area contributed by atoms with Crippen molar-refractivity contribution in [2.75, 3.05) is 5.32 Å². The summed E-state index contributed by atoms with van der Waals surface area (Å²) in [6, 6.07) is 11.2. The average molecular weight is 312 g/mol. The van der Waals surface area contributed by atoms with Crippen molar-refractivity contribution in [3.05, 3.63) is 64.4 Å². The van der Waals surface area contributed by atoms with E-state index in [9.17, 15) is 14.0 Å². The fraction of sp³-hybridized carbons (Fsp3) is 0.176. The molecule has 0 aliphatic heterocycles. The van der Waals surface area contributed by atoms with Gasteiger partial charge in [-0.15, -0.1) is 0 Å². The van der Waals surface area contributed by atoms with Gasteiger partial charge in [-0.05, 0) is 48.2 Å². The number of carbonyl (C=O) groups is 1. The monoisotopic (exact) mass is 312 g/mol. The number of hydrogen-bond donors (Lipinski definition) is 2. The van der Waals surface area contributed by atoms with Crippen molar-refractivity contribution in [1.82, 2.24) is 4.98 Å². The molecule has 2 atom stereocenters. The van der Waals surface area contributed by atoms with E-state index in [0.29, 0.717) is 16.8 Å². The van der Waals surface area contributed by atoms with Crippen LogP contribution in [0.3, 0.4) is 0 Å². The third-order valence-electron chi connectivity index (χ3n) is 4.11. The van der Waals surface area contributed by atoms with Crippen molar-refractivity contribution in [3.8, 4) is 0 Å². The first kappa shape index (κ1) is 13.8. The normalized spacial score (nSPS) is 19.7. The molecule has 23 heavy (non-hydrogen) atoms. The Bertz CT molecular complexity index is 942. The lowest BCUT2D eigenvalue weighted by Gasteiger charge is -2.05. The molecule has 0 saturated heterocycles. The quantitative estimate of drug-likeness (QED) is 0.780. The highest BCUT2D eigenvalue weighted by Gasteiger charge is 2.43. The molecule has 6 heteroatoms. The number of nitrogens with one attached hydrogen (secondary N) is 2. The van der Waals surface area contributed by atoms with Crippen molar-refractivity contribution in [1.29, 1.82) is 0 Å². The summed E-state index contributed by atoms with van der Waals surface area (Å²) in [6.07, 6.45) is 0.752. The van der Waals surface area contributed by atoms with Crippen LogP contribution in [-0.4, -0.2) is 10.9 Å². The zero-order valence-electron chi connectivity index (χ0n) is 12.0. The first-order valence-electron chi connectivity index (χ1n) is 7.29. The minimum atomic E-state index is -0.526. The number of H-pyrrole nitrogens is 1. The van der Waals surface area contributed by atoms with E-state index in [1.54, 1.807) is 30.3 Å². The molecule has 1 aromatic heterocycles. The molecular weight excluding hydrogens is 299 g/mol. The number of hydrogen-bond acceptors (Lipinski definition) is 3. The highest BCUT2D eigenvalue weighted by atomic mass is 19.1. The van der Waals surface area contributed by atoms with Crippen LogP contribution in [0.1, 0.15) is 17.9 Å². The van der Waals surface area contributed by atoms with E-state index < -0.39 is 5.76 Å². The standard InChI is InChI=1S/C17H13FN2O3/c18-10-3-1-9(2-4-10)12-8-13(12)16(21)19-11-5-6-15-14(7-11)20-17(22)23-15/h1-7,12-13H,8H2,(H,19,21)(H,20,22). The van der Waals surface area contributed by atoms with E-state index >= 15 is 0 Å². The van der Waals surface area contributed by atoms with Crippen LogP contribution in [0.4, 0.5) is 10.1 Å². The number of oxazole rings is 1. The van der Waals surface area contributed by atoms with Crippen LogP contribution in [0.2, 0.25) is 0 Å². The Morgan fingerprint density at radius 2 is 2.00 bits per heavy atom. The lowest BCUT2D eigenvalue weighted by Crippen LogP contribution is -2.14. The van der Waals surface area contributed by atoms with Gasteiger partial charge in [0.15, 0.2) is 5.58 Å². The van der Waals surface area contributed by atoms with Gasteiger partial charge >= 0.3 is 5.76 Å². The molecule has 2 N–H and O–H groups in total. The second-order valence-electron chi connectivity index (χ2n) is 5.71. The van der Waals surface area contributed by atoms with Gasteiger partial charge in [-0.2, -0.15) is 0 Å². The molecule has 1 aliphatic rings. The van der Waals surface area contributed by atoms with Crippen molar-refractivity contribution < 1.29 is 13.6 Å². The Hall–Kier alpha value is -2.89. The maximum atomic E-state index is 12.9. The number of anilines is 1. The van der Waals surface area contributed by atoms with Crippen LogP contribution < -0.4 is 11.1 Å². The Labute approximate surface area is 130 Å². The number of halogens is 1. The molecule has 2 unspecified atom stereocenters. The third-order valence-corrected chi connectivity index (χ3v) is 4.11. The van der Waals surface area contributed by atoms with E-state index in [1.807, 2.05) is 0 Å². The van der Waals surface area contributed by atoms with Gasteiger partial charge < -0.3 is 9.73 Å². The largest absolute Gasteiger partial charge is 0.417 e. The topological polar surface area (TPSA) is 75.1 Å². The summed E-state index contributed by atoms with van der Waals surface area (Å²) >= 11 is 0. The first-order valence-corrected chi connectivity index (χ1v) is 7.29. The Morgan fingerprint density at radius 1 is 1.22 bits per heavy atom. The third kappa shape index (κ3) is 2.63. The lowest BCUT2D eigenvalue weighted by molar-refractivity contribution is -0.117. The van der Waals surface area contributed by atoms with Crippen LogP contribution in [0.25, 0.3) is 11.1 Å². The molecule has 0 radical (unpaired) electrons. The summed E-state index contributed by atoms with van der Waals surface area (Å²) in [4.78, 5) is 26.0. The zero-order valence-corrected chi connectivity index (χ0v) is 12.0. The smallest absolute Gasteiger partial charge is 0.408 e. The minimum Gasteiger partial charge on any atom is -0.408 e. The van der Waals surface area contributed by atoms with Gasteiger partial charge in [0.1, 0.15) is 5.82 Å². The second-order valence-corrected chi connectivity index (χ2v) is 5.71. The molecule has 116 valence electrons. The van der Waals surface area contributed by atoms with Crippen LogP contribution in [0.15, 0.2) is 51.7 Å². The summed E-state index contributed by atoms with van der Waals surface area (Å²) in [5.74, 6) is -0.864. The van der Waals surface area contributed by atoms with Gasteiger partial charge in [0.25, 0.3) is 0 Å². The van der Waals surface area contributed by atoms with Gasteiger partial charge in [0, 0.05) is 11.6 Å². The molecule has 1 heterocycles. The molecule has 0 spiro atoms. The van der Waals surface area contributed by atoms with Crippen LogP contribution >= 0.6 is 0 Å². The number of carbonyl (C=O) groups excluding carboxylic acids is 1. The van der Waals surface area contributed by atoms with Crippen LogP contribution in [0, 0.1) is 11.7 Å². The maximum Gasteiger partial charge on any atom is 0.417 e. The number of benzene rings is 2. The summed E-state index contributed by atoms with van der Waals surface area (Å²) in [5.41, 5.74) is 2.56. The van der Waals surface area contributed by atoms with E-state index in [1.165, 1.54) is 12.1 Å². The zero-order chi connectivity index (χ0) is 16.0. The van der Waals surface area contributed by atoms with Crippen LogP contribution in [0.5, 0.6) is 0 Å². The van der Waals surface area contributed by atoms with E-state index in [-0.39, 0.29) is 23.6 Å². The number of amides is 1. The molecule has 3 aromatic rings. The molecular formula is C17H13FN2O3. The fourth-order valence-corrected chi connectivity index (χ4v) is 2.83. The van der Waals surface area contributed by atoms with Gasteiger partial charge in [0.05, 0.1) is 5.52 Å². The Morgan fingerprint density at radius 3 is 2.78 bits per heavy atom. The lowest BCUT2D eigenvalue weighted by atomic mass is 10.1. The van der Waals surface area contributed by atoms with Gasteiger partial charge in [-0.1, -0.05) is 12.1 Å². The van der Waals surface area contributed by atoms with Gasteiger partial charge in [-0.25, -0.2) is 9.18 Å². The summed E-state index contributed by atoms with van der Waals surface area (Å²) in [6.45, 7) is 0. The fourth-order valence-electron chi connectivity index (χ4n) is 2.83. The number of aromatic amines is 1. The molecule has 1 amide bonds. The summed E-state index contributed by atoms with van der Waals surface area (Å²) in [5, 5.41) is 2.84. The van der Waals surface area contributed by atoms with Gasteiger partial charge in [0.2, 0.25) is 5.91 Å². The Kier molecular flexibility index (Phi) is 3.04. The van der Waals surface area contributed by atoms with Crippen molar-refractivity contribution >= 4 is 22.7 Å². The predicted octanol–water partition coefficient (Wildman–Crippen LogP) is 3.00. The van der Waals surface area contributed by atoms with E-state index in [4.69, 9.17) is 4.42 Å². The highest BCUT2D eigenvalue weighted by Crippen LogP contribution is 2.48. The van der Waals surface area contributed by atoms with E-state index in [2.05, 4.69) is 10.3 Å². The minimum absolute atomic E-state index is 0.0792. The molecule has 1 aliphatic carbocycles. The number of aromatic nitrogens is 1. The summed E-state index contributed by atoms with van der Waals surface area (Å²) < 4.78 is 17.8. The number of fused-ring (bicyclic) bond motifs is 1. The molecule has 0 bridgehead atoms. The number of rotatable bonds is 3. The predicted molar refractivity (Wildman–Crippen MR) is 82.7 cm³/mol. The molecule has 5 nitrogen and oxygen atoms in total. The van der Waals surface area contributed by atoms with Crippen molar-refractivity contribution in [3.63, 3.8) is 0 Å². The van der Waals surface area contributed by atoms with Crippen molar-refractivity contribution in [2.45, 2.75) is 12.3 Å². The molecule has 4 rings (SSSR count). The molecule has 1 saturated carbocycles. The van der Waals surface area contributed by atoms with E-state index in [0.717, 1.165) is 12.0 Å². The first-order chi connectivity index (χ1) is 11.1. The van der Waals surface area contributed by atoms with Gasteiger partial charge in [-0.3, -0.25) is 9.78 Å². The highest BCUT2D eigenvalue weighted by molar-refractivity contribution is 5.96. The Balaban J connectivity index is 1.47. The van der Waals surface area contributed by atoms with Crippen molar-refractivity contribution in [2.24, 2.45) is 5.92 Å². The molecule has 2 aromatic carbocycles.